The maximum Gasteiger partial charge on any atom is 0.271 e. The lowest BCUT2D eigenvalue weighted by Crippen LogP contribution is -2.39. The smallest absolute Gasteiger partial charge is 0.271 e. The molecule has 1 unspecified atom stereocenters. The Morgan fingerprint density at radius 3 is 2.82 bits per heavy atom. The molecular formula is C18H23N3O. The molecule has 4 nitrogen and oxygen atoms in total. The number of carbonyl (C=O) groups is 1. The molecule has 2 aromatic heterocycles. The molecule has 3 rings (SSSR count). The number of hydrogen-bond acceptors (Lipinski definition) is 2. The van der Waals surface area contributed by atoms with Crippen molar-refractivity contribution in [3.05, 3.63) is 54.1 Å². The molecule has 0 aromatic carbocycles. The van der Waals surface area contributed by atoms with Crippen LogP contribution in [0.15, 0.2) is 42.7 Å². The van der Waals surface area contributed by atoms with Crippen LogP contribution in [-0.4, -0.2) is 26.9 Å². The van der Waals surface area contributed by atoms with Gasteiger partial charge in [-0.3, -0.25) is 9.78 Å². The molecule has 0 spiro atoms. The van der Waals surface area contributed by atoms with Crippen LogP contribution in [0.2, 0.25) is 0 Å². The molecule has 22 heavy (non-hydrogen) atoms. The van der Waals surface area contributed by atoms with Crippen LogP contribution in [0.25, 0.3) is 0 Å². The zero-order valence-corrected chi connectivity index (χ0v) is 13.3. The summed E-state index contributed by atoms with van der Waals surface area (Å²) < 4.78 is 2.05. The van der Waals surface area contributed by atoms with Crippen molar-refractivity contribution in [2.24, 2.45) is 0 Å². The number of amides is 1. The Balaban J connectivity index is 1.90. The molecular weight excluding hydrogens is 274 g/mol. The van der Waals surface area contributed by atoms with E-state index in [-0.39, 0.29) is 18.0 Å². The van der Waals surface area contributed by atoms with Crippen molar-refractivity contribution in [2.45, 2.75) is 45.2 Å². The van der Waals surface area contributed by atoms with Crippen LogP contribution >= 0.6 is 0 Å². The Labute approximate surface area is 131 Å². The minimum atomic E-state index is 0.0953. The zero-order valence-electron chi connectivity index (χ0n) is 13.3. The number of hydrogen-bond donors (Lipinski definition) is 0. The molecule has 0 aliphatic carbocycles. The molecule has 1 fully saturated rings. The summed E-state index contributed by atoms with van der Waals surface area (Å²) in [7, 11) is 0. The SMILES string of the molecule is CC(C)n1cccc1C(=O)N1CCCCC1c1ccccn1. The van der Waals surface area contributed by atoms with E-state index in [2.05, 4.69) is 18.8 Å². The summed E-state index contributed by atoms with van der Waals surface area (Å²) >= 11 is 0. The number of pyridine rings is 1. The molecule has 116 valence electrons. The number of piperidine rings is 1. The van der Waals surface area contributed by atoms with E-state index >= 15 is 0 Å². The number of aromatic nitrogens is 2. The fourth-order valence-electron chi connectivity index (χ4n) is 3.23. The third-order valence-electron chi connectivity index (χ3n) is 4.35. The molecule has 1 aliphatic heterocycles. The molecule has 1 amide bonds. The molecule has 4 heteroatoms. The third-order valence-corrected chi connectivity index (χ3v) is 4.35. The Morgan fingerprint density at radius 2 is 2.09 bits per heavy atom. The first kappa shape index (κ1) is 14.8. The van der Waals surface area contributed by atoms with Crippen LogP contribution in [0, 0.1) is 0 Å². The fourth-order valence-corrected chi connectivity index (χ4v) is 3.23. The normalized spacial score (nSPS) is 18.7. The average molecular weight is 297 g/mol. The molecule has 0 bridgehead atoms. The van der Waals surface area contributed by atoms with Crippen LogP contribution in [-0.2, 0) is 0 Å². The summed E-state index contributed by atoms with van der Waals surface area (Å²) in [6.45, 7) is 5.01. The van der Waals surface area contributed by atoms with Gasteiger partial charge in [0.2, 0.25) is 0 Å². The quantitative estimate of drug-likeness (QED) is 0.863. The van der Waals surface area contributed by atoms with E-state index in [9.17, 15) is 4.79 Å². The van der Waals surface area contributed by atoms with Gasteiger partial charge in [-0.25, -0.2) is 0 Å². The summed E-state index contributed by atoms with van der Waals surface area (Å²) in [6, 6.07) is 10.2. The van der Waals surface area contributed by atoms with Crippen LogP contribution in [0.1, 0.15) is 61.4 Å². The Bertz CT molecular complexity index is 633. The lowest BCUT2D eigenvalue weighted by Gasteiger charge is -2.35. The first-order valence-electron chi connectivity index (χ1n) is 8.07. The van der Waals surface area contributed by atoms with Gasteiger partial charge in [0.05, 0.1) is 11.7 Å². The summed E-state index contributed by atoms with van der Waals surface area (Å²) in [5, 5.41) is 0. The van der Waals surface area contributed by atoms with Crippen molar-refractivity contribution < 1.29 is 4.79 Å². The van der Waals surface area contributed by atoms with Gasteiger partial charge in [0.25, 0.3) is 5.91 Å². The standard InChI is InChI=1S/C18H23N3O/c1-14(2)20-13-7-10-17(20)18(22)21-12-6-4-9-16(21)15-8-3-5-11-19-15/h3,5,7-8,10-11,13-14,16H,4,6,9,12H2,1-2H3. The van der Waals surface area contributed by atoms with E-state index < -0.39 is 0 Å². The van der Waals surface area contributed by atoms with Crippen LogP contribution in [0.4, 0.5) is 0 Å². The molecule has 3 heterocycles. The molecule has 0 N–H and O–H groups in total. The van der Waals surface area contributed by atoms with E-state index in [0.717, 1.165) is 37.2 Å². The van der Waals surface area contributed by atoms with E-state index in [1.54, 1.807) is 0 Å². The number of rotatable bonds is 3. The second-order valence-corrected chi connectivity index (χ2v) is 6.16. The molecule has 2 aromatic rings. The Kier molecular flexibility index (Phi) is 4.27. The lowest BCUT2D eigenvalue weighted by molar-refractivity contribution is 0.0593. The van der Waals surface area contributed by atoms with E-state index in [1.165, 1.54) is 0 Å². The van der Waals surface area contributed by atoms with Gasteiger partial charge in [-0.05, 0) is 57.4 Å². The fraction of sp³-hybridized carbons (Fsp3) is 0.444. The number of likely N-dealkylation sites (tertiary alicyclic amines) is 1. The van der Waals surface area contributed by atoms with Crippen molar-refractivity contribution in [3.8, 4) is 0 Å². The van der Waals surface area contributed by atoms with Gasteiger partial charge in [-0.15, -0.1) is 0 Å². The number of carbonyl (C=O) groups excluding carboxylic acids is 1. The molecule has 0 radical (unpaired) electrons. The third kappa shape index (κ3) is 2.78. The lowest BCUT2D eigenvalue weighted by atomic mass is 9.98. The highest BCUT2D eigenvalue weighted by Gasteiger charge is 2.30. The monoisotopic (exact) mass is 297 g/mol. The van der Waals surface area contributed by atoms with E-state index in [0.29, 0.717) is 0 Å². The van der Waals surface area contributed by atoms with E-state index in [1.807, 2.05) is 52.2 Å². The van der Waals surface area contributed by atoms with Gasteiger partial charge >= 0.3 is 0 Å². The minimum absolute atomic E-state index is 0.0953. The van der Waals surface area contributed by atoms with Crippen molar-refractivity contribution in [3.63, 3.8) is 0 Å². The average Bonchev–Trinajstić information content (AvgIpc) is 3.05. The van der Waals surface area contributed by atoms with Gasteiger partial charge < -0.3 is 9.47 Å². The van der Waals surface area contributed by atoms with Crippen molar-refractivity contribution in [1.29, 1.82) is 0 Å². The van der Waals surface area contributed by atoms with Crippen molar-refractivity contribution in [2.75, 3.05) is 6.54 Å². The first-order chi connectivity index (χ1) is 10.7. The van der Waals surface area contributed by atoms with Gasteiger partial charge in [0, 0.05) is 25.0 Å². The molecule has 0 saturated carbocycles. The summed E-state index contributed by atoms with van der Waals surface area (Å²) in [4.78, 5) is 19.5. The van der Waals surface area contributed by atoms with Gasteiger partial charge in [0.1, 0.15) is 5.69 Å². The van der Waals surface area contributed by atoms with Crippen molar-refractivity contribution >= 4 is 5.91 Å². The molecule has 1 saturated heterocycles. The van der Waals surface area contributed by atoms with Crippen LogP contribution < -0.4 is 0 Å². The maximum atomic E-state index is 13.0. The maximum absolute atomic E-state index is 13.0. The summed E-state index contributed by atoms with van der Waals surface area (Å²) in [5.74, 6) is 0.119. The number of nitrogens with zero attached hydrogens (tertiary/aromatic N) is 3. The second kappa shape index (κ2) is 6.34. The highest BCUT2D eigenvalue weighted by molar-refractivity contribution is 5.93. The largest absolute Gasteiger partial charge is 0.341 e. The van der Waals surface area contributed by atoms with Gasteiger partial charge in [-0.2, -0.15) is 0 Å². The van der Waals surface area contributed by atoms with Crippen LogP contribution in [0.3, 0.4) is 0 Å². The summed E-state index contributed by atoms with van der Waals surface area (Å²) in [6.07, 6.45) is 7.00. The predicted octanol–water partition coefficient (Wildman–Crippen LogP) is 3.83. The highest BCUT2D eigenvalue weighted by atomic mass is 16.2. The van der Waals surface area contributed by atoms with Gasteiger partial charge in [0.15, 0.2) is 0 Å². The second-order valence-electron chi connectivity index (χ2n) is 6.16. The topological polar surface area (TPSA) is 38.1 Å². The summed E-state index contributed by atoms with van der Waals surface area (Å²) in [5.41, 5.74) is 1.77. The predicted molar refractivity (Wildman–Crippen MR) is 86.7 cm³/mol. The van der Waals surface area contributed by atoms with Crippen molar-refractivity contribution in [1.82, 2.24) is 14.5 Å². The minimum Gasteiger partial charge on any atom is -0.341 e. The molecule has 1 atom stereocenters. The Hall–Kier alpha value is -2.10. The first-order valence-corrected chi connectivity index (χ1v) is 8.07. The van der Waals surface area contributed by atoms with Crippen LogP contribution in [0.5, 0.6) is 0 Å². The van der Waals surface area contributed by atoms with Gasteiger partial charge in [-0.1, -0.05) is 6.07 Å². The zero-order chi connectivity index (χ0) is 15.5. The molecule has 1 aliphatic rings. The van der Waals surface area contributed by atoms with E-state index in [4.69, 9.17) is 0 Å². The Morgan fingerprint density at radius 1 is 1.23 bits per heavy atom. The highest BCUT2D eigenvalue weighted by Crippen LogP contribution is 2.31.